The van der Waals surface area contributed by atoms with Crippen LogP contribution in [-0.2, 0) is 38.5 Å². The average Bonchev–Trinajstić information content (AvgIpc) is 2.34. The molecule has 3 heterocycles. The van der Waals surface area contributed by atoms with Crippen molar-refractivity contribution in [2.75, 3.05) is 16.0 Å². The fraction of sp³-hybridized carbons (Fsp3) is 0.158. The van der Waals surface area contributed by atoms with Crippen LogP contribution in [0.4, 0.5) is 66.2 Å². The predicted octanol–water partition coefficient (Wildman–Crippen LogP) is 14.1. The Hall–Kier alpha value is -10.2. The van der Waals surface area contributed by atoms with E-state index < -0.39 is 101 Å². The molecule has 0 fully saturated rings. The van der Waals surface area contributed by atoms with Crippen LogP contribution >= 0.6 is 34.0 Å². The van der Waals surface area contributed by atoms with Gasteiger partial charge in [0.1, 0.15) is 40.3 Å². The number of hydrogen-bond acceptors (Lipinski definition) is 17. The molecule has 3 aliphatic carbocycles. The first-order chi connectivity index (χ1) is 41.6. The summed E-state index contributed by atoms with van der Waals surface area (Å²) in [7, 11) is 0. The van der Waals surface area contributed by atoms with Gasteiger partial charge in [0.2, 0.25) is 11.6 Å². The molecule has 0 spiro atoms. The summed E-state index contributed by atoms with van der Waals surface area (Å²) in [5.41, 5.74) is 2.85. The maximum absolute atomic E-state index is 14.3. The van der Waals surface area contributed by atoms with Crippen LogP contribution in [0.15, 0.2) is 103 Å². The average molecular weight is 1250 g/mol. The lowest BCUT2D eigenvalue weighted by Crippen LogP contribution is -2.15. The first kappa shape index (κ1) is 59.9. The molecule has 3 aliphatic rings. The Morgan fingerprint density at radius 1 is 0.402 bits per heavy atom. The molecular weight excluding hydrogens is 1210 g/mol. The van der Waals surface area contributed by atoms with Crippen molar-refractivity contribution in [3.05, 3.63) is 227 Å². The fourth-order valence-electron chi connectivity index (χ4n) is 9.73. The number of aromatic nitrogens is 3. The maximum atomic E-state index is 14.3. The second-order valence-corrected chi connectivity index (χ2v) is 22.3. The molecule has 21 nitrogen and oxygen atoms in total. The van der Waals surface area contributed by atoms with Crippen LogP contribution < -0.4 is 16.0 Å². The maximum Gasteiger partial charge on any atom is 0.307 e. The molecule has 3 amide bonds. The van der Waals surface area contributed by atoms with Gasteiger partial charge < -0.3 is 16.0 Å². The van der Waals surface area contributed by atoms with Crippen LogP contribution in [0, 0.1) is 75.4 Å². The zero-order valence-corrected chi connectivity index (χ0v) is 46.7. The molecule has 9 aromatic rings. The van der Waals surface area contributed by atoms with Crippen LogP contribution in [0.5, 0.6) is 0 Å². The third-order valence-corrected chi connectivity index (χ3v) is 17.2. The number of nitrogens with one attached hydrogen (secondary N) is 3. The first-order valence-electron chi connectivity index (χ1n) is 25.9. The van der Waals surface area contributed by atoms with Crippen molar-refractivity contribution in [3.8, 4) is 31.3 Å². The minimum atomic E-state index is -1.50. The number of amides is 3. The van der Waals surface area contributed by atoms with E-state index in [1.807, 2.05) is 28.8 Å². The van der Waals surface area contributed by atoms with Crippen molar-refractivity contribution in [1.29, 1.82) is 0 Å². The molecule has 12 rings (SSSR count). The van der Waals surface area contributed by atoms with E-state index in [9.17, 15) is 81.2 Å². The Kier molecular flexibility index (Phi) is 17.3. The normalized spacial score (nSPS) is 12.6. The molecule has 6 aromatic carbocycles. The number of halogens is 6. The number of benzene rings is 6. The van der Waals surface area contributed by atoms with E-state index in [-0.39, 0.29) is 26.4 Å². The van der Waals surface area contributed by atoms with E-state index >= 15 is 0 Å². The van der Waals surface area contributed by atoms with Crippen molar-refractivity contribution in [3.63, 3.8) is 0 Å². The minimum absolute atomic E-state index is 0.0405. The summed E-state index contributed by atoms with van der Waals surface area (Å²) < 4.78 is 84.0. The summed E-state index contributed by atoms with van der Waals surface area (Å²) in [6.07, 6.45) is 6.38. The molecule has 0 radical (unpaired) electrons. The van der Waals surface area contributed by atoms with Crippen molar-refractivity contribution in [2.45, 2.75) is 57.8 Å². The molecule has 0 saturated carbocycles. The van der Waals surface area contributed by atoms with E-state index in [2.05, 4.69) is 26.3 Å². The number of non-ortho nitro benzene ring substituents is 2. The van der Waals surface area contributed by atoms with E-state index in [4.69, 9.17) is 0 Å². The standard InChI is InChI=1S/2C19H12F2N4O5S.C19H14F2N2OS/c20-12-6-7-14(25(29)30)15(21)16(12)23-18(26)19-22-13-3-1-2-9-8-10(24(27)28)4-5-11(9)17(13)31-19;20-12-6-7-14(25(29)30)15(21)16(12)23-18(26)19-22-13-3-1-2-9-4-5-10(24(27)28)8-11(9)17(13)31-19;20-13-8-4-9-14(21)16(13)23-18(24)19-22-15-10-3-6-11-5-1-2-7-12(11)17(15)25-19/h2*4-8H,1-3H2,(H,23,26);1-2,4-5,7-9H,3,6,10H2,(H,23,24). The van der Waals surface area contributed by atoms with Gasteiger partial charge in [-0.15, -0.1) is 34.0 Å². The summed E-state index contributed by atoms with van der Waals surface area (Å²) >= 11 is 3.18. The Morgan fingerprint density at radius 3 is 1.26 bits per heavy atom. The second-order valence-electron chi connectivity index (χ2n) is 19.3. The zero-order chi connectivity index (χ0) is 62.0. The lowest BCUT2D eigenvalue weighted by molar-refractivity contribution is -0.387. The third-order valence-electron chi connectivity index (χ3n) is 13.8. The van der Waals surface area contributed by atoms with Gasteiger partial charge in [0, 0.05) is 42.0 Å². The highest BCUT2D eigenvalue weighted by Crippen LogP contribution is 2.42. The summed E-state index contributed by atoms with van der Waals surface area (Å²) in [5, 5.41) is 50.3. The van der Waals surface area contributed by atoms with Crippen LogP contribution in [0.25, 0.3) is 31.3 Å². The van der Waals surface area contributed by atoms with E-state index in [1.165, 1.54) is 47.2 Å². The van der Waals surface area contributed by atoms with Crippen molar-refractivity contribution in [2.24, 2.45) is 0 Å². The Labute approximate surface area is 497 Å². The number of nitro groups is 4. The Bertz CT molecular complexity index is 4330. The third kappa shape index (κ3) is 12.6. The Balaban J connectivity index is 0.000000145. The largest absolute Gasteiger partial charge is 0.315 e. The van der Waals surface area contributed by atoms with Crippen LogP contribution in [0.2, 0.25) is 0 Å². The van der Waals surface area contributed by atoms with Gasteiger partial charge >= 0.3 is 11.4 Å². The van der Waals surface area contributed by atoms with Gasteiger partial charge in [-0.3, -0.25) is 54.8 Å². The molecule has 3 N–H and O–H groups in total. The van der Waals surface area contributed by atoms with Crippen LogP contribution in [0.1, 0.15) is 82.4 Å². The topological polar surface area (TPSA) is 299 Å². The number of carbonyl (C=O) groups excluding carboxylic acids is 3. The number of aryl methyl sites for hydroxylation is 6. The number of nitro benzene ring substituents is 4. The molecule has 0 atom stereocenters. The van der Waals surface area contributed by atoms with E-state index in [0.29, 0.717) is 95.1 Å². The lowest BCUT2D eigenvalue weighted by Gasteiger charge is -2.06. The molecular formula is C57H38F6N10O11S3. The molecule has 0 unspecified atom stereocenters. The smallest absolute Gasteiger partial charge is 0.307 e. The number of nitrogens with zero attached hydrogens (tertiary/aromatic N) is 7. The SMILES string of the molecule is O=C(Nc1c(F)ccc([N+](=O)[O-])c1F)c1nc2c(s1)-c1cc([N+](=O)[O-])ccc1CCC2.O=C(Nc1c(F)ccc([N+](=O)[O-])c1F)c1nc2c(s1)-c1ccc([N+](=O)[O-])cc1CCC2.O=C(Nc1c(F)cccc1F)c1nc2c(s1)-c1ccccc1CCC2. The van der Waals surface area contributed by atoms with Gasteiger partial charge in [-0.1, -0.05) is 36.4 Å². The van der Waals surface area contributed by atoms with Crippen LogP contribution in [0.3, 0.4) is 0 Å². The molecule has 0 saturated heterocycles. The molecule has 3 aromatic heterocycles. The zero-order valence-electron chi connectivity index (χ0n) is 44.3. The summed E-state index contributed by atoms with van der Waals surface area (Å²) in [5.74, 6) is -9.40. The number of fused-ring (bicyclic) bond motifs is 9. The summed E-state index contributed by atoms with van der Waals surface area (Å²) in [6.45, 7) is 0. The number of rotatable bonds is 10. The number of thiazole rings is 3. The van der Waals surface area contributed by atoms with Gasteiger partial charge in [0.15, 0.2) is 15.0 Å². The highest BCUT2D eigenvalue weighted by molar-refractivity contribution is 7.18. The second kappa shape index (κ2) is 25.2. The van der Waals surface area contributed by atoms with Gasteiger partial charge in [-0.25, -0.2) is 32.5 Å². The van der Waals surface area contributed by atoms with Gasteiger partial charge in [-0.2, -0.15) is 8.78 Å². The quantitative estimate of drug-likeness (QED) is 0.0652. The number of anilines is 3. The minimum Gasteiger partial charge on any atom is -0.315 e. The van der Waals surface area contributed by atoms with Crippen LogP contribution in [-0.4, -0.2) is 52.4 Å². The molecule has 0 aliphatic heterocycles. The number of hydrogen-bond donors (Lipinski definition) is 3. The van der Waals surface area contributed by atoms with Gasteiger partial charge in [0.25, 0.3) is 29.1 Å². The van der Waals surface area contributed by atoms with Gasteiger partial charge in [-0.05, 0) is 116 Å². The number of para-hydroxylation sites is 1. The van der Waals surface area contributed by atoms with E-state index in [1.54, 1.807) is 12.1 Å². The monoisotopic (exact) mass is 1250 g/mol. The molecule has 30 heteroatoms. The van der Waals surface area contributed by atoms with Crippen molar-refractivity contribution < 1.29 is 60.4 Å². The number of carbonyl (C=O) groups is 3. The summed E-state index contributed by atoms with van der Waals surface area (Å²) in [6, 6.07) is 23.2. The van der Waals surface area contributed by atoms with Gasteiger partial charge in [0.05, 0.1) is 51.4 Å². The lowest BCUT2D eigenvalue weighted by atomic mass is 10.0. The first-order valence-corrected chi connectivity index (χ1v) is 28.4. The fourth-order valence-corrected chi connectivity index (χ4v) is 12.9. The highest BCUT2D eigenvalue weighted by Gasteiger charge is 2.30. The van der Waals surface area contributed by atoms with Crippen molar-refractivity contribution in [1.82, 2.24) is 15.0 Å². The Morgan fingerprint density at radius 2 is 0.793 bits per heavy atom. The van der Waals surface area contributed by atoms with E-state index in [0.717, 1.165) is 81.3 Å². The predicted molar refractivity (Wildman–Crippen MR) is 308 cm³/mol. The summed E-state index contributed by atoms with van der Waals surface area (Å²) in [4.78, 5) is 93.7. The molecule has 0 bridgehead atoms. The van der Waals surface area contributed by atoms with Crippen molar-refractivity contribution >= 4 is 91.5 Å². The highest BCUT2D eigenvalue weighted by atomic mass is 32.1. The molecule has 442 valence electrons. The molecule has 87 heavy (non-hydrogen) atoms.